The second-order valence-electron chi connectivity index (χ2n) is 14.6. The van der Waals surface area contributed by atoms with Crippen molar-refractivity contribution < 1.29 is 41.8 Å². The van der Waals surface area contributed by atoms with Crippen molar-refractivity contribution in [2.24, 2.45) is 5.41 Å². The zero-order valence-corrected chi connectivity index (χ0v) is 29.3. The van der Waals surface area contributed by atoms with Gasteiger partial charge in [0, 0.05) is 19.1 Å². The molecule has 3 N–H and O–H groups in total. The third-order valence-corrected chi connectivity index (χ3v) is 11.8. The maximum atomic E-state index is 14.5. The lowest BCUT2D eigenvalue weighted by Crippen LogP contribution is -2.59. The monoisotopic (exact) mass is 696 g/mol. The van der Waals surface area contributed by atoms with E-state index in [1.807, 2.05) is 42.5 Å². The van der Waals surface area contributed by atoms with Crippen LogP contribution in [0, 0.1) is 5.41 Å². The molecule has 2 aliphatic heterocycles. The number of cyclic esters (lactones) is 1. The van der Waals surface area contributed by atoms with Crippen LogP contribution >= 0.6 is 0 Å². The zero-order valence-electron chi connectivity index (χ0n) is 28.5. The Morgan fingerprint density at radius 2 is 1.80 bits per heavy atom. The Bertz CT molecular complexity index is 1830. The van der Waals surface area contributed by atoms with Gasteiger partial charge in [-0.25, -0.2) is 13.2 Å². The molecule has 0 spiro atoms. The Morgan fingerprint density at radius 3 is 2.43 bits per heavy atom. The number of methoxy groups -OCH3 is 2. The fraction of sp³-hybridized carbons (Fsp3) is 0.543. The maximum absolute atomic E-state index is 14.5. The number of benzene rings is 2. The zero-order chi connectivity index (χ0) is 35.4. The summed E-state index contributed by atoms with van der Waals surface area (Å²) in [6.07, 6.45) is 4.93. The molecule has 3 fully saturated rings. The van der Waals surface area contributed by atoms with Gasteiger partial charge in [-0.3, -0.25) is 19.1 Å². The molecule has 0 aromatic heterocycles. The molecule has 4 aliphatic rings. The van der Waals surface area contributed by atoms with Crippen molar-refractivity contribution in [2.45, 2.75) is 87.8 Å². The van der Waals surface area contributed by atoms with Gasteiger partial charge in [0.15, 0.2) is 0 Å². The van der Waals surface area contributed by atoms with Crippen molar-refractivity contribution in [1.29, 1.82) is 0 Å². The first-order valence-electron chi connectivity index (χ1n) is 16.6. The predicted octanol–water partition coefficient (Wildman–Crippen LogP) is 3.11. The minimum atomic E-state index is -3.83. The van der Waals surface area contributed by atoms with Gasteiger partial charge in [-0.2, -0.15) is 0 Å². The fourth-order valence-electron chi connectivity index (χ4n) is 6.64. The Labute approximate surface area is 286 Å². The molecule has 264 valence electrons. The molecular formula is C35H44N4O9S. The van der Waals surface area contributed by atoms with E-state index in [1.165, 1.54) is 12.0 Å². The summed E-state index contributed by atoms with van der Waals surface area (Å²) in [5.74, 6) is -1.26. The van der Waals surface area contributed by atoms with E-state index in [2.05, 4.69) is 15.4 Å². The van der Waals surface area contributed by atoms with E-state index in [0.29, 0.717) is 25.0 Å². The molecule has 2 aromatic carbocycles. The van der Waals surface area contributed by atoms with E-state index in [0.717, 1.165) is 21.9 Å². The van der Waals surface area contributed by atoms with Crippen LogP contribution < -0.4 is 20.1 Å². The second kappa shape index (κ2) is 12.6. The maximum Gasteiger partial charge on any atom is 0.407 e. The normalized spacial score (nSPS) is 25.4. The number of ether oxygens (including phenoxy) is 3. The molecule has 13 nitrogen and oxygen atoms in total. The van der Waals surface area contributed by atoms with Gasteiger partial charge < -0.3 is 29.7 Å². The number of amides is 4. The predicted molar refractivity (Wildman–Crippen MR) is 181 cm³/mol. The van der Waals surface area contributed by atoms with Gasteiger partial charge in [-0.05, 0) is 72.1 Å². The van der Waals surface area contributed by atoms with Crippen molar-refractivity contribution in [1.82, 2.24) is 20.3 Å². The third kappa shape index (κ3) is 6.85. The summed E-state index contributed by atoms with van der Waals surface area (Å²) in [6.45, 7) is 5.43. The lowest BCUT2D eigenvalue weighted by Gasteiger charge is -2.35. The molecule has 5 bridgehead atoms. The summed E-state index contributed by atoms with van der Waals surface area (Å²) < 4.78 is 44.5. The quantitative estimate of drug-likeness (QED) is 0.394. The van der Waals surface area contributed by atoms with Crippen LogP contribution in [0.1, 0.15) is 70.4 Å². The summed E-state index contributed by atoms with van der Waals surface area (Å²) in [5, 5.41) is 6.71. The number of hydrogen-bond acceptors (Lipinski definition) is 9. The van der Waals surface area contributed by atoms with Crippen molar-refractivity contribution in [3.63, 3.8) is 0 Å². The molecule has 0 radical (unpaired) electrons. The summed E-state index contributed by atoms with van der Waals surface area (Å²) >= 11 is 0. The van der Waals surface area contributed by atoms with Gasteiger partial charge in [0.1, 0.15) is 29.0 Å². The smallest absolute Gasteiger partial charge is 0.407 e. The van der Waals surface area contributed by atoms with E-state index in [-0.39, 0.29) is 32.4 Å². The van der Waals surface area contributed by atoms with Crippen LogP contribution in [0.3, 0.4) is 0 Å². The van der Waals surface area contributed by atoms with Crippen LogP contribution in [0.25, 0.3) is 16.8 Å². The van der Waals surface area contributed by atoms with Crippen LogP contribution in [0.2, 0.25) is 0 Å². The summed E-state index contributed by atoms with van der Waals surface area (Å²) in [4.78, 5) is 56.3. The minimum Gasteiger partial charge on any atom is -0.496 e. The minimum absolute atomic E-state index is 0.0343. The average Bonchev–Trinajstić information content (AvgIpc) is 3.99. The summed E-state index contributed by atoms with van der Waals surface area (Å²) in [6, 6.07) is 7.50. The number of sulfonamides is 1. The topological polar surface area (TPSA) is 169 Å². The molecule has 4 amide bonds. The molecular weight excluding hydrogens is 652 g/mol. The molecule has 2 aliphatic carbocycles. The highest BCUT2D eigenvalue weighted by Crippen LogP contribution is 2.43. The summed E-state index contributed by atoms with van der Waals surface area (Å²) in [7, 11) is -0.717. The number of nitrogens with one attached hydrogen (secondary N) is 3. The largest absolute Gasteiger partial charge is 0.496 e. The first kappa shape index (κ1) is 34.7. The Morgan fingerprint density at radius 1 is 1.06 bits per heavy atom. The van der Waals surface area contributed by atoms with Gasteiger partial charge in [0.2, 0.25) is 21.8 Å². The highest BCUT2D eigenvalue weighted by atomic mass is 32.2. The molecule has 6 rings (SSSR count). The van der Waals surface area contributed by atoms with Crippen molar-refractivity contribution in [3.8, 4) is 5.75 Å². The molecule has 0 unspecified atom stereocenters. The first-order chi connectivity index (χ1) is 23.1. The van der Waals surface area contributed by atoms with E-state index < -0.39 is 67.7 Å². The number of carbonyl (C=O) groups is 4. The molecule has 14 heteroatoms. The van der Waals surface area contributed by atoms with Crippen LogP contribution in [0.15, 0.2) is 36.4 Å². The van der Waals surface area contributed by atoms with E-state index >= 15 is 0 Å². The average molecular weight is 697 g/mol. The number of rotatable bonds is 7. The van der Waals surface area contributed by atoms with Crippen molar-refractivity contribution in [2.75, 3.05) is 27.4 Å². The number of hydrogen-bond donors (Lipinski definition) is 3. The SMILES string of the molecule is COc1cc2ccc3cc2cc1C=CCCOC(=O)N[C@@H](C(C)(C)C)C(=O)N1C[C@@]3(OC)C[C@H]1C(=O)NC1(C(=O)NS(=O)(=O)C2CC2)CC1. The van der Waals surface area contributed by atoms with Gasteiger partial charge >= 0.3 is 6.09 Å². The van der Waals surface area contributed by atoms with E-state index in [1.54, 1.807) is 27.9 Å². The van der Waals surface area contributed by atoms with Crippen molar-refractivity contribution >= 4 is 50.7 Å². The van der Waals surface area contributed by atoms with Gasteiger partial charge in [-0.15, -0.1) is 0 Å². The van der Waals surface area contributed by atoms with Crippen LogP contribution in [0.5, 0.6) is 5.75 Å². The van der Waals surface area contributed by atoms with Gasteiger partial charge in [0.25, 0.3) is 5.91 Å². The Kier molecular flexibility index (Phi) is 8.93. The molecule has 3 atom stereocenters. The molecule has 2 aromatic rings. The molecule has 2 saturated carbocycles. The third-order valence-electron chi connectivity index (χ3n) is 9.95. The second-order valence-corrected chi connectivity index (χ2v) is 16.5. The van der Waals surface area contributed by atoms with Crippen LogP contribution in [-0.4, -0.2) is 87.4 Å². The summed E-state index contributed by atoms with van der Waals surface area (Å²) in [5.41, 5.74) is -1.79. The number of carbonyl (C=O) groups excluding carboxylic acids is 4. The van der Waals surface area contributed by atoms with Gasteiger partial charge in [0.05, 0.1) is 25.5 Å². The molecule has 49 heavy (non-hydrogen) atoms. The standard InChI is InChI=1S/C35H44N4O9S/c1-33(2,3)28-30(41)39-20-35(47-5,19-26(39)29(40)37-34(13-14-34)31(42)38-49(44,45)25-11-12-25)24-10-9-21-18-27(46-4)22(16-23(21)17-24)8-6-7-15-48-32(43)36-28/h6,8-10,16-18,25-26,28H,7,11-15,19-20H2,1-5H3,(H,36,43)(H,37,40)(H,38,42)/t26-,28+,35-/m0/s1. The van der Waals surface area contributed by atoms with Crippen molar-refractivity contribution in [3.05, 3.63) is 47.5 Å². The van der Waals surface area contributed by atoms with Gasteiger partial charge in [-0.1, -0.05) is 45.1 Å². The number of nitrogens with zero attached hydrogens (tertiary/aromatic N) is 1. The Hall–Kier alpha value is -4.17. The van der Waals surface area contributed by atoms with Crippen LogP contribution in [-0.2, 0) is 39.5 Å². The van der Waals surface area contributed by atoms with Crippen LogP contribution in [0.4, 0.5) is 4.79 Å². The Balaban J connectivity index is 1.40. The van der Waals surface area contributed by atoms with E-state index in [9.17, 15) is 27.6 Å². The highest BCUT2D eigenvalue weighted by molar-refractivity contribution is 7.91. The van der Waals surface area contributed by atoms with E-state index in [4.69, 9.17) is 14.2 Å². The lowest BCUT2D eigenvalue weighted by atomic mass is 9.85. The lowest BCUT2D eigenvalue weighted by molar-refractivity contribution is -0.143. The fourth-order valence-corrected chi connectivity index (χ4v) is 8.02. The first-order valence-corrected chi connectivity index (χ1v) is 18.1. The number of fused-ring (bicyclic) bond motifs is 5. The number of alkyl carbamates (subject to hydrolysis) is 1. The molecule has 1 saturated heterocycles. The molecule has 2 heterocycles. The highest BCUT2D eigenvalue weighted by Gasteiger charge is 2.57.